The van der Waals surface area contributed by atoms with Gasteiger partial charge in [0.1, 0.15) is 9.71 Å². The van der Waals surface area contributed by atoms with E-state index in [2.05, 4.69) is 10.4 Å². The van der Waals surface area contributed by atoms with Crippen LogP contribution in [0.1, 0.15) is 20.9 Å². The lowest BCUT2D eigenvalue weighted by Crippen LogP contribution is -2.35. The van der Waals surface area contributed by atoms with Crippen LogP contribution in [0.2, 0.25) is 0 Å². The van der Waals surface area contributed by atoms with Crippen LogP contribution in [0.25, 0.3) is 10.2 Å². The van der Waals surface area contributed by atoms with Gasteiger partial charge in [-0.2, -0.15) is 4.68 Å². The van der Waals surface area contributed by atoms with Gasteiger partial charge in [-0.3, -0.25) is 15.0 Å². The first-order valence-corrected chi connectivity index (χ1v) is 8.44. The standard InChI is InChI=1S/C15H14N4O4S2/c1-7-10-12(25-11(7)14(22)23)16-15(24)19(13(10)21)17-9(20)6-8-4-3-5-18(8)2/h3-5H,6H2,1-2H3,(H,16,24)(H,17,20)(H,22,23). The minimum Gasteiger partial charge on any atom is -0.477 e. The molecule has 10 heteroatoms. The van der Waals surface area contributed by atoms with Crippen LogP contribution in [-0.2, 0) is 18.3 Å². The molecular formula is C15H14N4O4S2. The van der Waals surface area contributed by atoms with E-state index in [1.807, 2.05) is 19.3 Å². The molecule has 3 rings (SSSR count). The minimum atomic E-state index is -1.11. The van der Waals surface area contributed by atoms with E-state index in [0.717, 1.165) is 21.7 Å². The van der Waals surface area contributed by atoms with Crippen LogP contribution in [-0.4, -0.2) is 31.2 Å². The number of carboxylic acids is 1. The Kier molecular flexibility index (Phi) is 4.31. The molecule has 0 aromatic carbocycles. The molecule has 0 fully saturated rings. The highest BCUT2D eigenvalue weighted by Gasteiger charge is 2.19. The summed E-state index contributed by atoms with van der Waals surface area (Å²) in [6.07, 6.45) is 1.89. The van der Waals surface area contributed by atoms with Crippen LogP contribution >= 0.6 is 23.6 Å². The highest BCUT2D eigenvalue weighted by molar-refractivity contribution is 7.71. The molecule has 3 N–H and O–H groups in total. The number of aromatic amines is 1. The van der Waals surface area contributed by atoms with Crippen LogP contribution in [0.15, 0.2) is 23.1 Å². The van der Waals surface area contributed by atoms with Crippen LogP contribution in [0.4, 0.5) is 0 Å². The number of H-pyrrole nitrogens is 1. The van der Waals surface area contributed by atoms with E-state index in [4.69, 9.17) is 12.2 Å². The van der Waals surface area contributed by atoms with E-state index in [1.165, 1.54) is 0 Å². The van der Waals surface area contributed by atoms with Gasteiger partial charge < -0.3 is 14.7 Å². The zero-order valence-electron chi connectivity index (χ0n) is 13.3. The average molecular weight is 378 g/mol. The van der Waals surface area contributed by atoms with E-state index in [1.54, 1.807) is 17.6 Å². The topological polar surface area (TPSA) is 109 Å². The normalized spacial score (nSPS) is 11.0. The third kappa shape index (κ3) is 3.01. The van der Waals surface area contributed by atoms with Crippen LogP contribution in [0, 0.1) is 11.7 Å². The van der Waals surface area contributed by atoms with Crippen LogP contribution < -0.4 is 11.0 Å². The molecule has 3 heterocycles. The molecule has 1 amide bonds. The Bertz CT molecular complexity index is 1120. The lowest BCUT2D eigenvalue weighted by molar-refractivity contribution is -0.116. The maximum atomic E-state index is 12.7. The number of fused-ring (bicyclic) bond motifs is 1. The average Bonchev–Trinajstić information content (AvgIpc) is 3.07. The summed E-state index contributed by atoms with van der Waals surface area (Å²) in [5.41, 5.74) is 3.04. The van der Waals surface area contributed by atoms with Crippen molar-refractivity contribution in [2.24, 2.45) is 7.05 Å². The molecule has 0 radical (unpaired) electrons. The Labute approximate surface area is 150 Å². The molecule has 3 aromatic heterocycles. The van der Waals surface area contributed by atoms with Crippen molar-refractivity contribution in [1.82, 2.24) is 14.2 Å². The second-order valence-electron chi connectivity index (χ2n) is 5.46. The molecule has 0 saturated heterocycles. The summed E-state index contributed by atoms with van der Waals surface area (Å²) in [5, 5.41) is 9.40. The number of carbonyl (C=O) groups is 2. The Balaban J connectivity index is 2.02. The number of carboxylic acid groups (broad SMARTS) is 1. The van der Waals surface area contributed by atoms with Gasteiger partial charge in [0.2, 0.25) is 10.7 Å². The summed E-state index contributed by atoms with van der Waals surface area (Å²) in [7, 11) is 1.81. The summed E-state index contributed by atoms with van der Waals surface area (Å²) >= 11 is 6.07. The van der Waals surface area contributed by atoms with Gasteiger partial charge in [-0.25, -0.2) is 4.79 Å². The fraction of sp³-hybridized carbons (Fsp3) is 0.200. The summed E-state index contributed by atoms with van der Waals surface area (Å²) in [6, 6.07) is 3.61. The number of nitrogens with one attached hydrogen (secondary N) is 2. The first-order chi connectivity index (χ1) is 11.8. The monoisotopic (exact) mass is 378 g/mol. The fourth-order valence-corrected chi connectivity index (χ4v) is 3.86. The summed E-state index contributed by atoms with van der Waals surface area (Å²) in [6.45, 7) is 1.55. The van der Waals surface area contributed by atoms with Crippen LogP contribution in [0.3, 0.4) is 0 Å². The quantitative estimate of drug-likeness (QED) is 0.600. The molecule has 0 spiro atoms. The predicted octanol–water partition coefficient (Wildman–Crippen LogP) is 1.78. The van der Waals surface area contributed by atoms with Gasteiger partial charge in [-0.15, -0.1) is 11.3 Å². The molecule has 0 aliphatic rings. The maximum absolute atomic E-state index is 12.7. The zero-order chi connectivity index (χ0) is 18.3. The molecular weight excluding hydrogens is 364 g/mol. The van der Waals surface area contributed by atoms with Crippen LogP contribution in [0.5, 0.6) is 0 Å². The van der Waals surface area contributed by atoms with Crippen molar-refractivity contribution in [2.45, 2.75) is 13.3 Å². The van der Waals surface area contributed by atoms with Crippen molar-refractivity contribution in [1.29, 1.82) is 0 Å². The predicted molar refractivity (Wildman–Crippen MR) is 96.5 cm³/mol. The number of aromatic nitrogens is 3. The molecule has 0 atom stereocenters. The van der Waals surface area contributed by atoms with Gasteiger partial charge in [0, 0.05) is 18.9 Å². The molecule has 25 heavy (non-hydrogen) atoms. The second-order valence-corrected chi connectivity index (χ2v) is 6.87. The number of hydrogen-bond donors (Lipinski definition) is 3. The van der Waals surface area contributed by atoms with Crippen molar-refractivity contribution in [3.05, 3.63) is 49.6 Å². The number of amides is 1. The highest BCUT2D eigenvalue weighted by Crippen LogP contribution is 2.26. The van der Waals surface area contributed by atoms with Crippen molar-refractivity contribution < 1.29 is 14.7 Å². The van der Waals surface area contributed by atoms with Crippen molar-refractivity contribution in [3.8, 4) is 0 Å². The number of nitrogens with zero attached hydrogens (tertiary/aromatic N) is 2. The summed E-state index contributed by atoms with van der Waals surface area (Å²) < 4.78 is 2.74. The number of thiophene rings is 1. The SMILES string of the molecule is Cc1c(C(=O)O)sc2[nH]c(=S)n(NC(=O)Cc3cccn3C)c(=O)c12. The minimum absolute atomic E-state index is 0.00378. The number of aryl methyl sites for hydroxylation is 2. The highest BCUT2D eigenvalue weighted by atomic mass is 32.1. The number of carbonyl (C=O) groups excluding carboxylic acids is 1. The molecule has 0 unspecified atom stereocenters. The van der Waals surface area contributed by atoms with Gasteiger partial charge in [0.15, 0.2) is 0 Å². The molecule has 0 bridgehead atoms. The molecule has 8 nitrogen and oxygen atoms in total. The number of rotatable bonds is 4. The van der Waals surface area contributed by atoms with E-state index in [-0.39, 0.29) is 21.5 Å². The number of hydrogen-bond acceptors (Lipinski definition) is 5. The summed E-state index contributed by atoms with van der Waals surface area (Å²) in [4.78, 5) is 39.4. The molecule has 0 aliphatic heterocycles. The van der Waals surface area contributed by atoms with E-state index >= 15 is 0 Å². The lowest BCUT2D eigenvalue weighted by Gasteiger charge is -2.09. The Morgan fingerprint density at radius 2 is 2.16 bits per heavy atom. The molecule has 3 aromatic rings. The first kappa shape index (κ1) is 17.1. The third-order valence-corrected chi connectivity index (χ3v) is 5.29. The van der Waals surface area contributed by atoms with Crippen molar-refractivity contribution >= 4 is 45.6 Å². The van der Waals surface area contributed by atoms with Gasteiger partial charge in [-0.1, -0.05) is 0 Å². The first-order valence-electron chi connectivity index (χ1n) is 7.21. The number of aromatic carboxylic acids is 1. The fourth-order valence-electron chi connectivity index (χ4n) is 2.53. The Morgan fingerprint density at radius 1 is 1.44 bits per heavy atom. The third-order valence-electron chi connectivity index (χ3n) is 3.81. The second kappa shape index (κ2) is 6.30. The van der Waals surface area contributed by atoms with Gasteiger partial charge in [-0.05, 0) is 36.8 Å². The zero-order valence-corrected chi connectivity index (χ0v) is 15.0. The van der Waals surface area contributed by atoms with Gasteiger partial charge >= 0.3 is 5.97 Å². The smallest absolute Gasteiger partial charge is 0.346 e. The molecule has 0 aliphatic carbocycles. The van der Waals surface area contributed by atoms with Gasteiger partial charge in [0.25, 0.3) is 5.56 Å². The van der Waals surface area contributed by atoms with Crippen molar-refractivity contribution in [3.63, 3.8) is 0 Å². The molecule has 130 valence electrons. The molecule has 0 saturated carbocycles. The van der Waals surface area contributed by atoms with Crippen molar-refractivity contribution in [2.75, 3.05) is 5.43 Å². The van der Waals surface area contributed by atoms with E-state index in [9.17, 15) is 19.5 Å². The van der Waals surface area contributed by atoms with E-state index < -0.39 is 17.4 Å². The maximum Gasteiger partial charge on any atom is 0.346 e. The van der Waals surface area contributed by atoms with Gasteiger partial charge in [0.05, 0.1) is 11.8 Å². The Morgan fingerprint density at radius 3 is 2.76 bits per heavy atom. The Hall–Kier alpha value is -2.72. The lowest BCUT2D eigenvalue weighted by atomic mass is 10.2. The summed E-state index contributed by atoms with van der Waals surface area (Å²) in [5.74, 6) is -1.52. The largest absolute Gasteiger partial charge is 0.477 e. The van der Waals surface area contributed by atoms with E-state index in [0.29, 0.717) is 10.4 Å².